The molecule has 0 atom stereocenters. The highest BCUT2D eigenvalue weighted by Gasteiger charge is 2.38. The number of nitrogens with one attached hydrogen (secondary N) is 2. The smallest absolute Gasteiger partial charge is 0.256 e. The Balaban J connectivity index is 1.26. The van der Waals surface area contributed by atoms with Gasteiger partial charge in [0.1, 0.15) is 17.2 Å². The number of hydrogen-bond donors (Lipinski definition) is 4. The third kappa shape index (κ3) is 6.97. The van der Waals surface area contributed by atoms with E-state index in [1.165, 1.54) is 12.4 Å². The molecule has 14 heteroatoms. The second-order valence-corrected chi connectivity index (χ2v) is 15.1. The molecule has 0 radical (unpaired) electrons. The molecule has 4 heterocycles. The first kappa shape index (κ1) is 31.0. The molecule has 4 aromatic rings. The molecule has 0 bridgehead atoms. The van der Waals surface area contributed by atoms with Crippen molar-refractivity contribution < 1.29 is 18.6 Å². The number of aromatic nitrogens is 7. The molecule has 45 heavy (non-hydrogen) atoms. The SMILES string of the molecule is CC(C)(O)c1cnc(-c2cnc(Nc3ccnc(-c4cnn(S(=O)(=O)C5CC5)c4)n3)cc2NC2CCC(C(C)(C)O)CC2)cn1. The van der Waals surface area contributed by atoms with Crippen molar-refractivity contribution in [1.82, 2.24) is 34.1 Å². The zero-order chi connectivity index (χ0) is 32.0. The van der Waals surface area contributed by atoms with Crippen LogP contribution in [0.25, 0.3) is 22.6 Å². The lowest BCUT2D eigenvalue weighted by Crippen LogP contribution is -2.37. The van der Waals surface area contributed by atoms with Gasteiger partial charge in [-0.3, -0.25) is 9.97 Å². The van der Waals surface area contributed by atoms with E-state index in [1.54, 1.807) is 44.7 Å². The molecule has 13 nitrogen and oxygen atoms in total. The molecule has 0 aromatic carbocycles. The van der Waals surface area contributed by atoms with E-state index in [0.29, 0.717) is 47.3 Å². The van der Waals surface area contributed by atoms with Gasteiger partial charge in [-0.15, -0.1) is 0 Å². The van der Waals surface area contributed by atoms with Crippen molar-refractivity contribution in [2.45, 2.75) is 88.7 Å². The fraction of sp³-hybridized carbons (Fsp3) is 0.484. The van der Waals surface area contributed by atoms with Gasteiger partial charge < -0.3 is 20.8 Å². The number of hydrogen-bond acceptors (Lipinski definition) is 12. The Kier molecular flexibility index (Phi) is 8.08. The predicted molar refractivity (Wildman–Crippen MR) is 170 cm³/mol. The first-order valence-electron chi connectivity index (χ1n) is 15.2. The molecule has 2 aliphatic rings. The van der Waals surface area contributed by atoms with Gasteiger partial charge in [-0.1, -0.05) is 0 Å². The average Bonchev–Trinajstić information content (AvgIpc) is 3.74. The van der Waals surface area contributed by atoms with Crippen LogP contribution < -0.4 is 10.6 Å². The minimum absolute atomic E-state index is 0.190. The molecule has 2 fully saturated rings. The normalized spacial score (nSPS) is 19.3. The van der Waals surface area contributed by atoms with E-state index in [4.69, 9.17) is 0 Å². The second-order valence-electron chi connectivity index (χ2n) is 13.0. The van der Waals surface area contributed by atoms with Gasteiger partial charge in [0.2, 0.25) is 0 Å². The van der Waals surface area contributed by atoms with E-state index in [1.807, 2.05) is 19.9 Å². The highest BCUT2D eigenvalue weighted by molar-refractivity contribution is 7.90. The third-order valence-electron chi connectivity index (χ3n) is 8.48. The Morgan fingerprint density at radius 1 is 0.889 bits per heavy atom. The second kappa shape index (κ2) is 11.7. The minimum Gasteiger partial charge on any atom is -0.390 e. The summed E-state index contributed by atoms with van der Waals surface area (Å²) < 4.78 is 26.2. The number of rotatable bonds is 10. The Labute approximate surface area is 262 Å². The van der Waals surface area contributed by atoms with Crippen molar-refractivity contribution >= 4 is 27.3 Å². The highest BCUT2D eigenvalue weighted by atomic mass is 32.2. The fourth-order valence-corrected chi connectivity index (χ4v) is 7.05. The van der Waals surface area contributed by atoms with Crippen LogP contribution in [0.1, 0.15) is 71.9 Å². The summed E-state index contributed by atoms with van der Waals surface area (Å²) >= 11 is 0. The highest BCUT2D eigenvalue weighted by Crippen LogP contribution is 2.36. The lowest BCUT2D eigenvalue weighted by molar-refractivity contribution is -0.000394. The number of aliphatic hydroxyl groups is 2. The molecule has 2 aliphatic carbocycles. The molecular weight excluding hydrogens is 594 g/mol. The van der Waals surface area contributed by atoms with E-state index in [-0.39, 0.29) is 17.2 Å². The van der Waals surface area contributed by atoms with Gasteiger partial charge in [-0.2, -0.15) is 9.19 Å². The summed E-state index contributed by atoms with van der Waals surface area (Å²) in [6.07, 6.45) is 14.3. The minimum atomic E-state index is -3.49. The molecule has 4 aromatic heterocycles. The number of anilines is 3. The monoisotopic (exact) mass is 633 g/mol. The van der Waals surface area contributed by atoms with Crippen molar-refractivity contribution in [1.29, 1.82) is 0 Å². The van der Waals surface area contributed by atoms with E-state index in [9.17, 15) is 18.6 Å². The predicted octanol–water partition coefficient (Wildman–Crippen LogP) is 4.25. The summed E-state index contributed by atoms with van der Waals surface area (Å²) in [5, 5.41) is 31.4. The van der Waals surface area contributed by atoms with Crippen molar-refractivity contribution in [2.75, 3.05) is 10.6 Å². The van der Waals surface area contributed by atoms with Gasteiger partial charge in [0.15, 0.2) is 5.82 Å². The van der Waals surface area contributed by atoms with Crippen molar-refractivity contribution in [2.24, 2.45) is 5.92 Å². The number of nitrogens with zero attached hydrogens (tertiary/aromatic N) is 7. The summed E-state index contributed by atoms with van der Waals surface area (Å²) in [6.45, 7) is 7.08. The molecule has 0 amide bonds. The lowest BCUT2D eigenvalue weighted by Gasteiger charge is -2.36. The molecule has 0 saturated heterocycles. The van der Waals surface area contributed by atoms with Crippen LogP contribution in [0.2, 0.25) is 0 Å². The third-order valence-corrected chi connectivity index (χ3v) is 10.5. The quantitative estimate of drug-likeness (QED) is 0.195. The van der Waals surface area contributed by atoms with Crippen LogP contribution in [-0.4, -0.2) is 69.6 Å². The lowest BCUT2D eigenvalue weighted by atomic mass is 9.77. The maximum Gasteiger partial charge on any atom is 0.256 e. The van der Waals surface area contributed by atoms with Crippen LogP contribution in [0.3, 0.4) is 0 Å². The van der Waals surface area contributed by atoms with Crippen LogP contribution in [0.4, 0.5) is 17.3 Å². The van der Waals surface area contributed by atoms with Gasteiger partial charge in [0.05, 0.1) is 52.6 Å². The average molecular weight is 634 g/mol. The summed E-state index contributed by atoms with van der Waals surface area (Å²) in [4.78, 5) is 22.5. The Bertz CT molecular complexity index is 1770. The molecule has 6 rings (SSSR count). The Morgan fingerprint density at radius 3 is 2.29 bits per heavy atom. The maximum atomic E-state index is 12.6. The summed E-state index contributed by atoms with van der Waals surface area (Å²) in [5.74, 6) is 1.59. The van der Waals surface area contributed by atoms with Crippen LogP contribution in [0.5, 0.6) is 0 Å². The Morgan fingerprint density at radius 2 is 1.64 bits per heavy atom. The first-order valence-corrected chi connectivity index (χ1v) is 16.7. The van der Waals surface area contributed by atoms with E-state index < -0.39 is 21.2 Å². The largest absolute Gasteiger partial charge is 0.390 e. The molecule has 0 unspecified atom stereocenters. The van der Waals surface area contributed by atoms with Crippen LogP contribution in [0.15, 0.2) is 49.3 Å². The van der Waals surface area contributed by atoms with Crippen LogP contribution in [0, 0.1) is 5.92 Å². The zero-order valence-corrected chi connectivity index (χ0v) is 26.7. The van der Waals surface area contributed by atoms with Gasteiger partial charge in [0, 0.05) is 35.8 Å². The van der Waals surface area contributed by atoms with Gasteiger partial charge in [-0.05, 0) is 78.2 Å². The van der Waals surface area contributed by atoms with Crippen LogP contribution >= 0.6 is 0 Å². The van der Waals surface area contributed by atoms with Crippen molar-refractivity contribution in [3.05, 3.63) is 55.0 Å². The summed E-state index contributed by atoms with van der Waals surface area (Å²) in [5.41, 5.74) is 1.31. The van der Waals surface area contributed by atoms with Crippen molar-refractivity contribution in [3.8, 4) is 22.6 Å². The van der Waals surface area contributed by atoms with Gasteiger partial charge in [-0.25, -0.2) is 23.4 Å². The van der Waals surface area contributed by atoms with Crippen LogP contribution in [-0.2, 0) is 15.6 Å². The summed E-state index contributed by atoms with van der Waals surface area (Å²) in [6, 6.07) is 3.79. The topological polar surface area (TPSA) is 181 Å². The van der Waals surface area contributed by atoms with Crippen molar-refractivity contribution in [3.63, 3.8) is 0 Å². The maximum absolute atomic E-state index is 12.6. The fourth-order valence-electron chi connectivity index (χ4n) is 5.57. The molecule has 0 spiro atoms. The first-order chi connectivity index (χ1) is 21.3. The number of pyridine rings is 1. The van der Waals surface area contributed by atoms with Gasteiger partial charge >= 0.3 is 0 Å². The van der Waals surface area contributed by atoms with E-state index >= 15 is 0 Å². The molecular formula is C31H39N9O4S. The van der Waals surface area contributed by atoms with E-state index in [2.05, 4.69) is 40.7 Å². The molecule has 2 saturated carbocycles. The summed E-state index contributed by atoms with van der Waals surface area (Å²) in [7, 11) is -3.49. The molecule has 4 N–H and O–H groups in total. The van der Waals surface area contributed by atoms with Gasteiger partial charge in [0.25, 0.3) is 10.0 Å². The zero-order valence-electron chi connectivity index (χ0n) is 25.8. The standard InChI is InChI=1S/C31H39N9O4S/c1-30(2,41)20-5-7-21(8-6-20)37-24-13-28(35-15-23(24)25-16-34-26(17-33-25)31(3,4)42)38-27-11-12-32-29(39-27)19-14-36-40(18-19)45(43,44)22-9-10-22/h11-18,20-22,41-42H,5-10H2,1-4H3,(H2,32,35,37,38,39). The van der Waals surface area contributed by atoms with E-state index in [0.717, 1.165) is 41.0 Å². The molecule has 0 aliphatic heterocycles. The Hall–Kier alpha value is -4.01. The molecule has 238 valence electrons.